The molecule has 0 aliphatic heterocycles. The lowest BCUT2D eigenvalue weighted by Gasteiger charge is -2.22. The molecule has 9 nitrogen and oxygen atoms in total. The summed E-state index contributed by atoms with van der Waals surface area (Å²) in [5, 5.41) is 13.7. The number of amides is 3. The second-order valence-corrected chi connectivity index (χ2v) is 6.40. The van der Waals surface area contributed by atoms with E-state index in [1.165, 1.54) is 0 Å². The van der Waals surface area contributed by atoms with E-state index < -0.39 is 36.2 Å². The summed E-state index contributed by atoms with van der Waals surface area (Å²) < 4.78 is 5.00. The standard InChI is InChI=1S/C17H25N3O6/c1-17(2,3)26-16(24)19-13(10-21)15(23)18-9-14(22)20-25-11-12-7-5-4-6-8-12/h4-8,13,21H,9-11H2,1-3H3,(H,18,23)(H,19,24)(H,20,22)/t13-/m0/s1. The number of benzene rings is 1. The molecule has 0 aliphatic rings. The zero-order valence-electron chi connectivity index (χ0n) is 15.1. The van der Waals surface area contributed by atoms with Crippen LogP contribution in [0.1, 0.15) is 26.3 Å². The summed E-state index contributed by atoms with van der Waals surface area (Å²) in [7, 11) is 0. The first-order chi connectivity index (χ1) is 12.2. The fourth-order valence-corrected chi connectivity index (χ4v) is 1.74. The number of aliphatic hydroxyl groups excluding tert-OH is 1. The minimum Gasteiger partial charge on any atom is -0.444 e. The fraction of sp³-hybridized carbons (Fsp3) is 0.471. The molecule has 0 fully saturated rings. The molecule has 0 saturated heterocycles. The van der Waals surface area contributed by atoms with E-state index in [2.05, 4.69) is 16.1 Å². The van der Waals surface area contributed by atoms with Crippen LogP contribution in [0.25, 0.3) is 0 Å². The second kappa shape index (κ2) is 10.4. The monoisotopic (exact) mass is 367 g/mol. The Kier molecular flexibility index (Phi) is 8.53. The van der Waals surface area contributed by atoms with Crippen LogP contribution < -0.4 is 16.1 Å². The van der Waals surface area contributed by atoms with Crippen LogP contribution in [0.3, 0.4) is 0 Å². The zero-order valence-corrected chi connectivity index (χ0v) is 15.1. The highest BCUT2D eigenvalue weighted by Crippen LogP contribution is 2.06. The van der Waals surface area contributed by atoms with Gasteiger partial charge in [-0.2, -0.15) is 0 Å². The van der Waals surface area contributed by atoms with Crippen LogP contribution in [0.5, 0.6) is 0 Å². The lowest BCUT2D eigenvalue weighted by Crippen LogP contribution is -2.51. The van der Waals surface area contributed by atoms with Gasteiger partial charge in [0.1, 0.15) is 11.6 Å². The van der Waals surface area contributed by atoms with Crippen molar-refractivity contribution in [2.45, 2.75) is 39.0 Å². The Labute approximate surface area is 152 Å². The van der Waals surface area contributed by atoms with E-state index in [0.29, 0.717) is 0 Å². The van der Waals surface area contributed by atoms with Crippen molar-refractivity contribution < 1.29 is 29.1 Å². The van der Waals surface area contributed by atoms with Crippen LogP contribution in [0, 0.1) is 0 Å². The van der Waals surface area contributed by atoms with Crippen molar-refractivity contribution >= 4 is 17.9 Å². The number of aliphatic hydroxyl groups is 1. The van der Waals surface area contributed by atoms with E-state index in [0.717, 1.165) is 5.56 Å². The first kappa shape index (κ1) is 21.4. The van der Waals surface area contributed by atoms with Gasteiger partial charge < -0.3 is 20.5 Å². The van der Waals surface area contributed by atoms with Gasteiger partial charge in [-0.3, -0.25) is 14.4 Å². The largest absolute Gasteiger partial charge is 0.444 e. The van der Waals surface area contributed by atoms with Crippen LogP contribution in [0.4, 0.5) is 4.79 Å². The predicted molar refractivity (Wildman–Crippen MR) is 92.6 cm³/mol. The van der Waals surface area contributed by atoms with Crippen molar-refractivity contribution in [3.8, 4) is 0 Å². The Balaban J connectivity index is 2.31. The van der Waals surface area contributed by atoms with Gasteiger partial charge in [-0.25, -0.2) is 10.3 Å². The van der Waals surface area contributed by atoms with Gasteiger partial charge in [0.15, 0.2) is 0 Å². The summed E-state index contributed by atoms with van der Waals surface area (Å²) >= 11 is 0. The molecular formula is C17H25N3O6. The molecule has 0 aliphatic carbocycles. The molecule has 0 spiro atoms. The number of rotatable bonds is 8. The number of carbonyl (C=O) groups is 3. The van der Waals surface area contributed by atoms with Gasteiger partial charge in [-0.05, 0) is 26.3 Å². The molecule has 26 heavy (non-hydrogen) atoms. The minimum absolute atomic E-state index is 0.181. The maximum atomic E-state index is 11.9. The second-order valence-electron chi connectivity index (χ2n) is 6.40. The lowest BCUT2D eigenvalue weighted by molar-refractivity contribution is -0.136. The summed E-state index contributed by atoms with van der Waals surface area (Å²) in [6.45, 7) is 4.17. The molecule has 9 heteroatoms. The highest BCUT2D eigenvalue weighted by atomic mass is 16.6. The zero-order chi connectivity index (χ0) is 19.6. The Morgan fingerprint density at radius 1 is 1.15 bits per heavy atom. The smallest absolute Gasteiger partial charge is 0.408 e. The Bertz CT molecular complexity index is 600. The molecule has 1 atom stereocenters. The molecule has 1 aromatic carbocycles. The number of hydrogen-bond donors (Lipinski definition) is 4. The Morgan fingerprint density at radius 2 is 1.81 bits per heavy atom. The average molecular weight is 367 g/mol. The van der Waals surface area contributed by atoms with Gasteiger partial charge in [0.05, 0.1) is 19.8 Å². The average Bonchev–Trinajstić information content (AvgIpc) is 2.57. The molecule has 0 aromatic heterocycles. The third kappa shape index (κ3) is 9.00. The van der Waals surface area contributed by atoms with Crippen molar-refractivity contribution in [1.29, 1.82) is 0 Å². The predicted octanol–water partition coefficient (Wildman–Crippen LogP) is 0.236. The third-order valence-corrected chi connectivity index (χ3v) is 2.88. The number of hydrogen-bond acceptors (Lipinski definition) is 6. The van der Waals surface area contributed by atoms with E-state index in [1.807, 2.05) is 30.3 Å². The molecule has 0 bridgehead atoms. The van der Waals surface area contributed by atoms with Crippen molar-refractivity contribution in [2.75, 3.05) is 13.2 Å². The molecule has 4 N–H and O–H groups in total. The van der Waals surface area contributed by atoms with E-state index >= 15 is 0 Å². The number of alkyl carbamates (subject to hydrolysis) is 1. The molecule has 144 valence electrons. The van der Waals surface area contributed by atoms with Gasteiger partial charge >= 0.3 is 6.09 Å². The van der Waals surface area contributed by atoms with Crippen LogP contribution >= 0.6 is 0 Å². The Hall–Kier alpha value is -2.65. The van der Waals surface area contributed by atoms with Gasteiger partial charge in [0.2, 0.25) is 5.91 Å². The summed E-state index contributed by atoms with van der Waals surface area (Å²) in [6, 6.07) is 7.98. The van der Waals surface area contributed by atoms with E-state index in [4.69, 9.17) is 9.57 Å². The van der Waals surface area contributed by atoms with E-state index in [9.17, 15) is 19.5 Å². The number of hydroxylamine groups is 1. The summed E-state index contributed by atoms with van der Waals surface area (Å²) in [5.41, 5.74) is 2.32. The molecular weight excluding hydrogens is 342 g/mol. The maximum absolute atomic E-state index is 11.9. The highest BCUT2D eigenvalue weighted by Gasteiger charge is 2.24. The highest BCUT2D eigenvalue weighted by molar-refractivity contribution is 5.89. The van der Waals surface area contributed by atoms with Gasteiger partial charge in [-0.1, -0.05) is 30.3 Å². The molecule has 1 aromatic rings. The fourth-order valence-electron chi connectivity index (χ4n) is 1.74. The molecule has 0 saturated carbocycles. The van der Waals surface area contributed by atoms with Crippen molar-refractivity contribution in [1.82, 2.24) is 16.1 Å². The van der Waals surface area contributed by atoms with Crippen LogP contribution in [-0.2, 0) is 25.8 Å². The minimum atomic E-state index is -1.23. The van der Waals surface area contributed by atoms with Crippen molar-refractivity contribution in [3.05, 3.63) is 35.9 Å². The normalized spacial score (nSPS) is 12.0. The summed E-state index contributed by atoms with van der Waals surface area (Å²) in [5.74, 6) is -1.31. The Morgan fingerprint density at radius 3 is 2.38 bits per heavy atom. The first-order valence-electron chi connectivity index (χ1n) is 8.04. The number of carbonyl (C=O) groups excluding carboxylic acids is 3. The first-order valence-corrected chi connectivity index (χ1v) is 8.04. The molecule has 0 heterocycles. The summed E-state index contributed by atoms with van der Waals surface area (Å²) in [4.78, 5) is 40.2. The number of nitrogens with one attached hydrogen (secondary N) is 3. The SMILES string of the molecule is CC(C)(C)OC(=O)N[C@@H](CO)C(=O)NCC(=O)NOCc1ccccc1. The van der Waals surface area contributed by atoms with Gasteiger partial charge in [0, 0.05) is 0 Å². The molecule has 0 radical (unpaired) electrons. The van der Waals surface area contributed by atoms with Crippen molar-refractivity contribution in [3.63, 3.8) is 0 Å². The van der Waals surface area contributed by atoms with Crippen LogP contribution in [0.15, 0.2) is 30.3 Å². The summed E-state index contributed by atoms with van der Waals surface area (Å²) in [6.07, 6.45) is -0.845. The maximum Gasteiger partial charge on any atom is 0.408 e. The van der Waals surface area contributed by atoms with Crippen molar-refractivity contribution in [2.24, 2.45) is 0 Å². The van der Waals surface area contributed by atoms with E-state index in [-0.39, 0.29) is 13.2 Å². The van der Waals surface area contributed by atoms with E-state index in [1.54, 1.807) is 20.8 Å². The molecule has 1 rings (SSSR count). The third-order valence-electron chi connectivity index (χ3n) is 2.88. The lowest BCUT2D eigenvalue weighted by atomic mass is 10.2. The topological polar surface area (TPSA) is 126 Å². The van der Waals surface area contributed by atoms with Crippen LogP contribution in [0.2, 0.25) is 0 Å². The van der Waals surface area contributed by atoms with Crippen LogP contribution in [-0.4, -0.2) is 47.8 Å². The quantitative estimate of drug-likeness (QED) is 0.488. The number of ether oxygens (including phenoxy) is 1. The molecule has 3 amide bonds. The van der Waals surface area contributed by atoms with Gasteiger partial charge in [0.25, 0.3) is 5.91 Å². The molecule has 0 unspecified atom stereocenters. The van der Waals surface area contributed by atoms with Gasteiger partial charge in [-0.15, -0.1) is 0 Å².